The van der Waals surface area contributed by atoms with Crippen LogP contribution in [0.25, 0.3) is 11.4 Å². The zero-order chi connectivity index (χ0) is 17.8. The molecule has 0 saturated carbocycles. The third-order valence-electron chi connectivity index (χ3n) is 3.58. The van der Waals surface area contributed by atoms with Crippen LogP contribution in [0.4, 0.5) is 0 Å². The molecule has 0 bridgehead atoms. The van der Waals surface area contributed by atoms with Gasteiger partial charge in [0, 0.05) is 5.56 Å². The number of aromatic nitrogens is 2. The van der Waals surface area contributed by atoms with Gasteiger partial charge in [0.2, 0.25) is 5.82 Å². The molecule has 25 heavy (non-hydrogen) atoms. The Bertz CT molecular complexity index is 871. The van der Waals surface area contributed by atoms with Gasteiger partial charge in [-0.25, -0.2) is 4.79 Å². The first-order chi connectivity index (χ1) is 12.1. The zero-order valence-electron chi connectivity index (χ0n) is 13.3. The Morgan fingerprint density at radius 2 is 1.80 bits per heavy atom. The summed E-state index contributed by atoms with van der Waals surface area (Å²) >= 11 is 12.0. The first-order valence-electron chi connectivity index (χ1n) is 7.61. The van der Waals surface area contributed by atoms with Crippen molar-refractivity contribution in [3.05, 3.63) is 69.5 Å². The molecular weight excluding hydrogens is 363 g/mol. The Hall–Kier alpha value is -2.37. The maximum absolute atomic E-state index is 12.1. The third-order valence-corrected chi connectivity index (χ3v) is 4.21. The average molecular weight is 377 g/mol. The first-order valence-corrected chi connectivity index (χ1v) is 8.37. The smallest absolute Gasteiger partial charge is 0.341 e. The van der Waals surface area contributed by atoms with Gasteiger partial charge in [0.15, 0.2) is 6.61 Å². The Labute approximate surface area is 154 Å². The molecule has 7 heteroatoms. The lowest BCUT2D eigenvalue weighted by Gasteiger charge is -2.05. The van der Waals surface area contributed by atoms with Crippen molar-refractivity contribution in [2.45, 2.75) is 20.0 Å². The van der Waals surface area contributed by atoms with Gasteiger partial charge in [0.1, 0.15) is 0 Å². The van der Waals surface area contributed by atoms with Gasteiger partial charge in [-0.3, -0.25) is 0 Å². The molecule has 0 aliphatic heterocycles. The molecule has 0 aliphatic carbocycles. The molecule has 0 radical (unpaired) electrons. The molecule has 128 valence electrons. The number of hydrogen-bond acceptors (Lipinski definition) is 5. The van der Waals surface area contributed by atoms with Crippen LogP contribution in [0.5, 0.6) is 0 Å². The normalized spacial score (nSPS) is 10.7. The van der Waals surface area contributed by atoms with E-state index < -0.39 is 5.97 Å². The van der Waals surface area contributed by atoms with Crippen molar-refractivity contribution in [1.82, 2.24) is 10.1 Å². The third kappa shape index (κ3) is 4.00. The van der Waals surface area contributed by atoms with Crippen LogP contribution in [0.1, 0.15) is 28.7 Å². The second-order valence-electron chi connectivity index (χ2n) is 5.23. The number of halogens is 2. The van der Waals surface area contributed by atoms with Crippen molar-refractivity contribution < 1.29 is 14.1 Å². The summed E-state index contributed by atoms with van der Waals surface area (Å²) in [5.41, 5.74) is 2.16. The lowest BCUT2D eigenvalue weighted by molar-refractivity contribution is 0.0430. The van der Waals surface area contributed by atoms with Crippen LogP contribution in [0, 0.1) is 0 Å². The van der Waals surface area contributed by atoms with Crippen molar-refractivity contribution in [1.29, 1.82) is 0 Å². The number of aryl methyl sites for hydroxylation is 1. The minimum atomic E-state index is -0.650. The molecule has 0 unspecified atom stereocenters. The molecule has 3 rings (SSSR count). The minimum Gasteiger partial charge on any atom is -0.452 e. The van der Waals surface area contributed by atoms with Gasteiger partial charge in [-0.2, -0.15) is 4.98 Å². The van der Waals surface area contributed by atoms with Gasteiger partial charge >= 0.3 is 5.97 Å². The molecule has 0 atom stereocenters. The fourth-order valence-corrected chi connectivity index (χ4v) is 2.76. The van der Waals surface area contributed by atoms with E-state index in [9.17, 15) is 4.79 Å². The summed E-state index contributed by atoms with van der Waals surface area (Å²) in [6.07, 6.45) is 0.957. The molecule has 3 aromatic rings. The van der Waals surface area contributed by atoms with E-state index in [4.69, 9.17) is 32.5 Å². The first kappa shape index (κ1) is 17.5. The SMILES string of the molecule is CCc1ccc(-c2noc(COC(=O)c3c(Cl)cccc3Cl)n2)cc1. The molecule has 0 aliphatic rings. The van der Waals surface area contributed by atoms with Crippen LogP contribution >= 0.6 is 23.2 Å². The molecule has 0 N–H and O–H groups in total. The van der Waals surface area contributed by atoms with Crippen LogP contribution in [0.2, 0.25) is 10.0 Å². The molecule has 1 aromatic heterocycles. The van der Waals surface area contributed by atoms with Gasteiger partial charge < -0.3 is 9.26 Å². The number of carbonyl (C=O) groups excluding carboxylic acids is 1. The Morgan fingerprint density at radius 1 is 1.12 bits per heavy atom. The molecule has 0 spiro atoms. The fourth-order valence-electron chi connectivity index (χ4n) is 2.21. The van der Waals surface area contributed by atoms with Crippen LogP contribution in [0.3, 0.4) is 0 Å². The number of carbonyl (C=O) groups is 1. The number of ether oxygens (including phenoxy) is 1. The van der Waals surface area contributed by atoms with Crippen molar-refractivity contribution in [3.63, 3.8) is 0 Å². The standard InChI is InChI=1S/C18H14Cl2N2O3/c1-2-11-6-8-12(9-7-11)17-21-15(25-22-17)10-24-18(23)16-13(19)4-3-5-14(16)20/h3-9H,2,10H2,1H3. The Kier molecular flexibility index (Phi) is 5.36. The van der Waals surface area contributed by atoms with E-state index in [1.54, 1.807) is 18.2 Å². The van der Waals surface area contributed by atoms with Crippen LogP contribution in [-0.2, 0) is 17.8 Å². The van der Waals surface area contributed by atoms with Gasteiger partial charge in [-0.15, -0.1) is 0 Å². The average Bonchev–Trinajstić information content (AvgIpc) is 3.09. The quantitative estimate of drug-likeness (QED) is 0.588. The number of rotatable bonds is 5. The van der Waals surface area contributed by atoms with Crippen LogP contribution in [-0.4, -0.2) is 16.1 Å². The number of hydrogen-bond donors (Lipinski definition) is 0. The maximum Gasteiger partial charge on any atom is 0.341 e. The summed E-state index contributed by atoms with van der Waals surface area (Å²) in [7, 11) is 0. The van der Waals surface area contributed by atoms with Crippen molar-refractivity contribution in [2.75, 3.05) is 0 Å². The molecule has 5 nitrogen and oxygen atoms in total. The number of benzene rings is 2. The summed E-state index contributed by atoms with van der Waals surface area (Å²) in [5.74, 6) is -0.0294. The van der Waals surface area contributed by atoms with Crippen LogP contribution < -0.4 is 0 Å². The van der Waals surface area contributed by atoms with Gasteiger partial charge in [-0.1, -0.05) is 65.6 Å². The van der Waals surface area contributed by atoms with E-state index in [-0.39, 0.29) is 28.1 Å². The molecular formula is C18H14Cl2N2O3. The lowest BCUT2D eigenvalue weighted by Crippen LogP contribution is -2.07. The van der Waals surface area contributed by atoms with Gasteiger partial charge in [-0.05, 0) is 24.1 Å². The van der Waals surface area contributed by atoms with Crippen molar-refractivity contribution >= 4 is 29.2 Å². The second-order valence-corrected chi connectivity index (χ2v) is 6.05. The number of nitrogens with zero attached hydrogens (tertiary/aromatic N) is 2. The summed E-state index contributed by atoms with van der Waals surface area (Å²) in [6.45, 7) is 1.92. The molecule has 2 aromatic carbocycles. The highest BCUT2D eigenvalue weighted by molar-refractivity contribution is 6.39. The molecule has 0 saturated heterocycles. The predicted molar refractivity (Wildman–Crippen MR) is 94.7 cm³/mol. The predicted octanol–water partition coefficient (Wildman–Crippen LogP) is 4.96. The van der Waals surface area contributed by atoms with Gasteiger partial charge in [0.05, 0.1) is 15.6 Å². The Morgan fingerprint density at radius 3 is 2.44 bits per heavy atom. The minimum absolute atomic E-state index is 0.112. The van der Waals surface area contributed by atoms with Crippen LogP contribution in [0.15, 0.2) is 47.0 Å². The second kappa shape index (κ2) is 7.68. The highest BCUT2D eigenvalue weighted by atomic mass is 35.5. The Balaban J connectivity index is 1.68. The van der Waals surface area contributed by atoms with E-state index in [0.717, 1.165) is 12.0 Å². The fraction of sp³-hybridized carbons (Fsp3) is 0.167. The van der Waals surface area contributed by atoms with E-state index in [2.05, 4.69) is 17.1 Å². The summed E-state index contributed by atoms with van der Waals surface area (Å²) in [4.78, 5) is 16.4. The zero-order valence-corrected chi connectivity index (χ0v) is 14.8. The van der Waals surface area contributed by atoms with E-state index in [1.807, 2.05) is 24.3 Å². The molecule has 0 fully saturated rings. The van der Waals surface area contributed by atoms with E-state index in [1.165, 1.54) is 5.56 Å². The monoisotopic (exact) mass is 376 g/mol. The number of esters is 1. The highest BCUT2D eigenvalue weighted by Gasteiger charge is 2.17. The van der Waals surface area contributed by atoms with E-state index >= 15 is 0 Å². The molecule has 0 amide bonds. The summed E-state index contributed by atoms with van der Waals surface area (Å²) in [5, 5.41) is 4.34. The van der Waals surface area contributed by atoms with E-state index in [0.29, 0.717) is 5.82 Å². The summed E-state index contributed by atoms with van der Waals surface area (Å²) in [6, 6.07) is 12.6. The highest BCUT2D eigenvalue weighted by Crippen LogP contribution is 2.25. The maximum atomic E-state index is 12.1. The van der Waals surface area contributed by atoms with Crippen molar-refractivity contribution in [3.8, 4) is 11.4 Å². The van der Waals surface area contributed by atoms with Crippen molar-refractivity contribution in [2.24, 2.45) is 0 Å². The molecule has 1 heterocycles. The summed E-state index contributed by atoms with van der Waals surface area (Å²) < 4.78 is 10.3. The topological polar surface area (TPSA) is 65.2 Å². The lowest BCUT2D eigenvalue weighted by atomic mass is 10.1. The largest absolute Gasteiger partial charge is 0.452 e. The van der Waals surface area contributed by atoms with Gasteiger partial charge in [0.25, 0.3) is 5.89 Å².